The molecule has 26 heavy (non-hydrogen) atoms. The molecule has 1 aromatic rings. The van der Waals surface area contributed by atoms with E-state index < -0.39 is 0 Å². The van der Waals surface area contributed by atoms with Crippen LogP contribution in [0.3, 0.4) is 0 Å². The molecule has 0 amide bonds. The summed E-state index contributed by atoms with van der Waals surface area (Å²) in [6.45, 7) is 4.59. The van der Waals surface area contributed by atoms with Gasteiger partial charge in [0.2, 0.25) is 0 Å². The van der Waals surface area contributed by atoms with Gasteiger partial charge in [0.05, 0.1) is 0 Å². The van der Waals surface area contributed by atoms with Crippen molar-refractivity contribution in [3.8, 4) is 0 Å². The number of rotatable bonds is 7. The van der Waals surface area contributed by atoms with Crippen molar-refractivity contribution in [2.45, 2.75) is 103 Å². The van der Waals surface area contributed by atoms with Gasteiger partial charge in [-0.1, -0.05) is 70.9 Å². The van der Waals surface area contributed by atoms with E-state index >= 15 is 0 Å². The first-order chi connectivity index (χ1) is 12.7. The molecule has 0 unspecified atom stereocenters. The Morgan fingerprint density at radius 2 is 1.42 bits per heavy atom. The van der Waals surface area contributed by atoms with Gasteiger partial charge in [-0.2, -0.15) is 0 Å². The molecule has 2 aliphatic rings. The zero-order valence-corrected chi connectivity index (χ0v) is 17.1. The minimum absolute atomic E-state index is 0.0640. The molecule has 0 spiro atoms. The maximum Gasteiger partial charge on any atom is 0.126 e. The second-order valence-corrected chi connectivity index (χ2v) is 9.20. The van der Waals surface area contributed by atoms with Crippen LogP contribution in [0, 0.1) is 23.6 Å². The van der Waals surface area contributed by atoms with Crippen molar-refractivity contribution in [1.82, 2.24) is 0 Å². The van der Waals surface area contributed by atoms with Gasteiger partial charge in [-0.05, 0) is 79.4 Å². The highest BCUT2D eigenvalue weighted by Gasteiger charge is 2.24. The van der Waals surface area contributed by atoms with Crippen molar-refractivity contribution in [1.29, 1.82) is 0 Å². The topological polar surface area (TPSA) is 0 Å². The molecular weight excluding hydrogens is 319 g/mol. The minimum atomic E-state index is 0.0640. The van der Waals surface area contributed by atoms with E-state index in [1.165, 1.54) is 82.6 Å². The molecule has 0 aliphatic heterocycles. The monoisotopic (exact) mass is 358 g/mol. The zero-order valence-electron chi connectivity index (χ0n) is 17.1. The van der Waals surface area contributed by atoms with E-state index in [9.17, 15) is 4.39 Å². The fraction of sp³-hybridized carbons (Fsp3) is 0.760. The smallest absolute Gasteiger partial charge is 0.126 e. The molecule has 146 valence electrons. The summed E-state index contributed by atoms with van der Waals surface area (Å²) in [7, 11) is 0. The molecule has 3 rings (SSSR count). The summed E-state index contributed by atoms with van der Waals surface area (Å²) in [6, 6.07) is 6.18. The van der Waals surface area contributed by atoms with Crippen LogP contribution in [0.15, 0.2) is 18.2 Å². The fourth-order valence-electron chi connectivity index (χ4n) is 5.53. The average Bonchev–Trinajstić information content (AvgIpc) is 2.68. The summed E-state index contributed by atoms with van der Waals surface area (Å²) in [6.07, 6.45) is 16.9. The molecule has 1 aromatic carbocycles. The summed E-state index contributed by atoms with van der Waals surface area (Å²) >= 11 is 0. The first-order valence-electron chi connectivity index (χ1n) is 11.5. The summed E-state index contributed by atoms with van der Waals surface area (Å²) in [5.74, 6) is 3.25. The van der Waals surface area contributed by atoms with E-state index in [0.29, 0.717) is 5.92 Å². The van der Waals surface area contributed by atoms with Gasteiger partial charge in [-0.3, -0.25) is 0 Å². The first-order valence-corrected chi connectivity index (χ1v) is 11.5. The standard InChI is InChI=1S/C25H39F/c1-3-5-20-6-8-21(9-7-20)10-11-22-14-17-24(25(26)18-22)23-15-12-19(4-2)13-16-23/h14,17-21,23H,3-13,15-16H2,1-2H3. The van der Waals surface area contributed by atoms with Gasteiger partial charge in [0.1, 0.15) is 5.82 Å². The molecule has 0 saturated heterocycles. The van der Waals surface area contributed by atoms with Crippen molar-refractivity contribution in [3.63, 3.8) is 0 Å². The Labute approximate surface area is 161 Å². The van der Waals surface area contributed by atoms with E-state index in [4.69, 9.17) is 0 Å². The van der Waals surface area contributed by atoms with Crippen molar-refractivity contribution < 1.29 is 4.39 Å². The van der Waals surface area contributed by atoms with Crippen LogP contribution in [0.5, 0.6) is 0 Å². The Hall–Kier alpha value is -0.850. The van der Waals surface area contributed by atoms with Crippen molar-refractivity contribution in [2.24, 2.45) is 17.8 Å². The highest BCUT2D eigenvalue weighted by atomic mass is 19.1. The molecule has 1 heteroatoms. The van der Waals surface area contributed by atoms with Gasteiger partial charge >= 0.3 is 0 Å². The van der Waals surface area contributed by atoms with Crippen LogP contribution in [-0.2, 0) is 6.42 Å². The van der Waals surface area contributed by atoms with E-state index in [-0.39, 0.29) is 5.82 Å². The van der Waals surface area contributed by atoms with E-state index in [1.807, 2.05) is 6.07 Å². The zero-order chi connectivity index (χ0) is 18.4. The lowest BCUT2D eigenvalue weighted by Crippen LogP contribution is -2.15. The largest absolute Gasteiger partial charge is 0.207 e. The maximum absolute atomic E-state index is 14.7. The van der Waals surface area contributed by atoms with Gasteiger partial charge < -0.3 is 0 Å². The molecule has 0 atom stereocenters. The van der Waals surface area contributed by atoms with E-state index in [2.05, 4.69) is 26.0 Å². The van der Waals surface area contributed by atoms with Gasteiger partial charge in [-0.15, -0.1) is 0 Å². The van der Waals surface area contributed by atoms with Crippen LogP contribution in [0.25, 0.3) is 0 Å². The van der Waals surface area contributed by atoms with Crippen molar-refractivity contribution in [3.05, 3.63) is 35.1 Å². The SMILES string of the molecule is CCCC1CCC(CCc2ccc(C3CCC(CC)CC3)c(F)c2)CC1. The molecule has 2 aliphatic carbocycles. The third-order valence-corrected chi connectivity index (χ3v) is 7.43. The number of hydrogen-bond donors (Lipinski definition) is 0. The third kappa shape index (κ3) is 5.33. The molecule has 0 bridgehead atoms. The van der Waals surface area contributed by atoms with Crippen LogP contribution in [0.1, 0.15) is 108 Å². The molecule has 2 fully saturated rings. The Balaban J connectivity index is 1.47. The molecule has 0 nitrogen and oxygen atoms in total. The summed E-state index contributed by atoms with van der Waals surface area (Å²) in [5.41, 5.74) is 2.20. The van der Waals surface area contributed by atoms with Crippen LogP contribution in [0.2, 0.25) is 0 Å². The summed E-state index contributed by atoms with van der Waals surface area (Å²) in [4.78, 5) is 0. The molecular formula is C25H39F. The molecule has 0 heterocycles. The molecule has 0 aromatic heterocycles. The lowest BCUT2D eigenvalue weighted by molar-refractivity contribution is 0.252. The highest BCUT2D eigenvalue weighted by Crippen LogP contribution is 2.38. The van der Waals surface area contributed by atoms with Crippen molar-refractivity contribution in [2.75, 3.05) is 0 Å². The maximum atomic E-state index is 14.7. The van der Waals surface area contributed by atoms with E-state index in [1.54, 1.807) is 0 Å². The lowest BCUT2D eigenvalue weighted by atomic mass is 9.77. The molecule has 0 radical (unpaired) electrons. The Kier molecular flexibility index (Phi) is 7.58. The fourth-order valence-corrected chi connectivity index (χ4v) is 5.53. The summed E-state index contributed by atoms with van der Waals surface area (Å²) in [5, 5.41) is 0. The highest BCUT2D eigenvalue weighted by molar-refractivity contribution is 5.28. The van der Waals surface area contributed by atoms with Gasteiger partial charge in [0.25, 0.3) is 0 Å². The number of benzene rings is 1. The van der Waals surface area contributed by atoms with Crippen LogP contribution in [-0.4, -0.2) is 0 Å². The lowest BCUT2D eigenvalue weighted by Gasteiger charge is -2.29. The number of aryl methyl sites for hydroxylation is 1. The quantitative estimate of drug-likeness (QED) is 0.462. The Bertz CT molecular complexity index is 533. The van der Waals surface area contributed by atoms with Gasteiger partial charge in [-0.25, -0.2) is 4.39 Å². The predicted octanol–water partition coefficient (Wildman–Crippen LogP) is 8.05. The summed E-state index contributed by atoms with van der Waals surface area (Å²) < 4.78 is 14.7. The second kappa shape index (κ2) is 9.90. The van der Waals surface area contributed by atoms with E-state index in [0.717, 1.165) is 29.7 Å². The normalized spacial score (nSPS) is 29.7. The second-order valence-electron chi connectivity index (χ2n) is 9.20. The number of halogens is 1. The van der Waals surface area contributed by atoms with Gasteiger partial charge in [0.15, 0.2) is 0 Å². The third-order valence-electron chi connectivity index (χ3n) is 7.43. The van der Waals surface area contributed by atoms with Crippen molar-refractivity contribution >= 4 is 0 Å². The average molecular weight is 359 g/mol. The van der Waals surface area contributed by atoms with Crippen LogP contribution >= 0.6 is 0 Å². The Morgan fingerprint density at radius 3 is 2.00 bits per heavy atom. The minimum Gasteiger partial charge on any atom is -0.207 e. The van der Waals surface area contributed by atoms with Crippen LogP contribution in [0.4, 0.5) is 4.39 Å². The van der Waals surface area contributed by atoms with Crippen LogP contribution < -0.4 is 0 Å². The molecule has 2 saturated carbocycles. The molecule has 0 N–H and O–H groups in total. The predicted molar refractivity (Wildman–Crippen MR) is 110 cm³/mol. The first kappa shape index (κ1) is 19.9. The number of hydrogen-bond acceptors (Lipinski definition) is 0. The Morgan fingerprint density at radius 1 is 0.808 bits per heavy atom. The van der Waals surface area contributed by atoms with Gasteiger partial charge in [0, 0.05) is 0 Å².